The summed E-state index contributed by atoms with van der Waals surface area (Å²) in [5.41, 5.74) is 0. The van der Waals surface area contributed by atoms with Crippen LogP contribution in [0.3, 0.4) is 0 Å². The quantitative estimate of drug-likeness (QED) is 0.363. The zero-order chi connectivity index (χ0) is 18.2. The lowest BCUT2D eigenvalue weighted by molar-refractivity contribution is -0.125. The summed E-state index contributed by atoms with van der Waals surface area (Å²) in [5, 5.41) is 3.12. The highest BCUT2D eigenvalue weighted by Gasteiger charge is 2.26. The van der Waals surface area contributed by atoms with E-state index in [0.29, 0.717) is 0 Å². The molecule has 0 saturated carbocycles. The molecule has 0 radical (unpaired) electrons. The molecule has 3 nitrogen and oxygen atoms in total. The van der Waals surface area contributed by atoms with Crippen LogP contribution in [-0.2, 0) is 4.79 Å². The maximum Gasteiger partial charge on any atom is 0.237 e. The lowest BCUT2D eigenvalue weighted by Crippen LogP contribution is -2.41. The number of nitrogens with zero attached hydrogens (tertiary/aromatic N) is 1. The van der Waals surface area contributed by atoms with Gasteiger partial charge in [-0.15, -0.1) is 0 Å². The second-order valence-corrected chi connectivity index (χ2v) is 8.03. The van der Waals surface area contributed by atoms with Gasteiger partial charge in [-0.1, -0.05) is 90.4 Å². The summed E-state index contributed by atoms with van der Waals surface area (Å²) in [6.07, 6.45) is 21.5. The molecule has 0 aliphatic carbocycles. The second-order valence-electron chi connectivity index (χ2n) is 8.03. The summed E-state index contributed by atoms with van der Waals surface area (Å²) < 4.78 is 0. The van der Waals surface area contributed by atoms with Gasteiger partial charge in [-0.25, -0.2) is 0 Å². The summed E-state index contributed by atoms with van der Waals surface area (Å²) in [6, 6.07) is 0.131. The number of carbonyl (C=O) groups is 1. The van der Waals surface area contributed by atoms with Gasteiger partial charge in [-0.05, 0) is 32.9 Å². The largest absolute Gasteiger partial charge is 0.355 e. The van der Waals surface area contributed by atoms with Crippen LogP contribution in [0.2, 0.25) is 0 Å². The lowest BCUT2D eigenvalue weighted by Gasteiger charge is -2.18. The molecule has 1 atom stereocenters. The molecule has 148 valence electrons. The number of hydrogen-bond acceptors (Lipinski definition) is 2. The average Bonchev–Trinajstić information content (AvgIpc) is 3.04. The van der Waals surface area contributed by atoms with E-state index in [1.807, 2.05) is 0 Å². The molecule has 1 rings (SSSR count). The number of likely N-dealkylation sites (tertiary alicyclic amines) is 1. The van der Waals surface area contributed by atoms with Gasteiger partial charge in [-0.2, -0.15) is 0 Å². The first kappa shape index (κ1) is 22.5. The molecule has 1 aliphatic rings. The van der Waals surface area contributed by atoms with Crippen molar-refractivity contribution in [3.8, 4) is 0 Å². The van der Waals surface area contributed by atoms with Gasteiger partial charge >= 0.3 is 0 Å². The molecule has 0 aromatic rings. The number of unbranched alkanes of at least 4 members (excludes halogenated alkanes) is 13. The highest BCUT2D eigenvalue weighted by Crippen LogP contribution is 2.15. The first-order valence-electron chi connectivity index (χ1n) is 11.2. The van der Waals surface area contributed by atoms with Gasteiger partial charge in [0.05, 0.1) is 6.04 Å². The molecule has 1 heterocycles. The van der Waals surface area contributed by atoms with Gasteiger partial charge in [-0.3, -0.25) is 9.69 Å². The minimum atomic E-state index is 0.131. The van der Waals surface area contributed by atoms with E-state index in [1.165, 1.54) is 83.5 Å². The molecule has 1 aliphatic heterocycles. The van der Waals surface area contributed by atoms with Gasteiger partial charge in [0.1, 0.15) is 0 Å². The number of nitrogens with one attached hydrogen (secondary N) is 1. The van der Waals surface area contributed by atoms with Gasteiger partial charge < -0.3 is 5.32 Å². The number of hydrogen-bond donors (Lipinski definition) is 1. The molecule has 0 unspecified atom stereocenters. The highest BCUT2D eigenvalue weighted by atomic mass is 16.2. The van der Waals surface area contributed by atoms with E-state index in [0.717, 1.165) is 32.4 Å². The molecule has 0 aromatic carbocycles. The lowest BCUT2D eigenvalue weighted by atomic mass is 10.0. The van der Waals surface area contributed by atoms with Gasteiger partial charge in [0.15, 0.2) is 0 Å². The third-order valence-electron chi connectivity index (χ3n) is 5.65. The summed E-state index contributed by atoms with van der Waals surface area (Å²) in [6.45, 7) is 4.21. The minimum absolute atomic E-state index is 0.131. The molecule has 1 amide bonds. The van der Waals surface area contributed by atoms with E-state index in [9.17, 15) is 4.79 Å². The first-order valence-corrected chi connectivity index (χ1v) is 11.2. The van der Waals surface area contributed by atoms with Crippen LogP contribution in [-0.4, -0.2) is 37.0 Å². The normalized spacial score (nSPS) is 17.9. The molecule has 1 fully saturated rings. The Balaban J connectivity index is 1.75. The van der Waals surface area contributed by atoms with Crippen molar-refractivity contribution in [1.29, 1.82) is 0 Å². The molecule has 25 heavy (non-hydrogen) atoms. The Morgan fingerprint density at radius 2 is 1.32 bits per heavy atom. The Morgan fingerprint density at radius 1 is 0.840 bits per heavy atom. The molecule has 1 saturated heterocycles. The van der Waals surface area contributed by atoms with Crippen molar-refractivity contribution in [3.63, 3.8) is 0 Å². The van der Waals surface area contributed by atoms with Gasteiger partial charge in [0.25, 0.3) is 0 Å². The van der Waals surface area contributed by atoms with Crippen LogP contribution in [0.4, 0.5) is 0 Å². The fourth-order valence-electron chi connectivity index (χ4n) is 3.89. The molecule has 1 N–H and O–H groups in total. The second kappa shape index (κ2) is 15.7. The molecular weight excluding hydrogens is 308 g/mol. The van der Waals surface area contributed by atoms with E-state index in [2.05, 4.69) is 24.2 Å². The average molecular weight is 353 g/mol. The van der Waals surface area contributed by atoms with E-state index in [1.54, 1.807) is 0 Å². The minimum Gasteiger partial charge on any atom is -0.355 e. The first-order chi connectivity index (χ1) is 12.3. The fraction of sp³-hybridized carbons (Fsp3) is 0.955. The van der Waals surface area contributed by atoms with Crippen molar-refractivity contribution in [2.45, 2.75) is 116 Å². The van der Waals surface area contributed by atoms with Crippen molar-refractivity contribution in [1.82, 2.24) is 10.2 Å². The van der Waals surface area contributed by atoms with Crippen molar-refractivity contribution in [2.75, 3.05) is 20.1 Å². The topological polar surface area (TPSA) is 32.3 Å². The third-order valence-corrected chi connectivity index (χ3v) is 5.65. The van der Waals surface area contributed by atoms with Crippen LogP contribution in [0.15, 0.2) is 0 Å². The maximum absolute atomic E-state index is 12.0. The molecule has 0 bridgehead atoms. The Labute approximate surface area is 157 Å². The summed E-state index contributed by atoms with van der Waals surface area (Å²) in [5.74, 6) is 0.245. The van der Waals surface area contributed by atoms with E-state index < -0.39 is 0 Å². The van der Waals surface area contributed by atoms with Crippen molar-refractivity contribution >= 4 is 5.91 Å². The maximum atomic E-state index is 12.0. The van der Waals surface area contributed by atoms with E-state index in [-0.39, 0.29) is 11.9 Å². The SMILES string of the molecule is CCCCCCCCCCCCCCCCNC(=O)[C@@H]1CCCN1C. The fourth-order valence-corrected chi connectivity index (χ4v) is 3.89. The molecule has 0 aromatic heterocycles. The number of likely N-dealkylation sites (N-methyl/N-ethyl adjacent to an activating group) is 1. The van der Waals surface area contributed by atoms with Crippen LogP contribution in [0.25, 0.3) is 0 Å². The van der Waals surface area contributed by atoms with E-state index in [4.69, 9.17) is 0 Å². The Morgan fingerprint density at radius 3 is 1.76 bits per heavy atom. The van der Waals surface area contributed by atoms with Gasteiger partial charge in [0, 0.05) is 6.54 Å². The Kier molecular flexibility index (Phi) is 14.1. The Hall–Kier alpha value is -0.570. The standard InChI is InChI=1S/C22H44N2O/c1-3-4-5-6-7-8-9-10-11-12-13-14-15-16-19-23-22(25)21-18-17-20-24(21)2/h21H,3-20H2,1-2H3,(H,23,25)/t21-/m0/s1. The van der Waals surface area contributed by atoms with Crippen LogP contribution in [0, 0.1) is 0 Å². The smallest absolute Gasteiger partial charge is 0.237 e. The summed E-state index contributed by atoms with van der Waals surface area (Å²) in [4.78, 5) is 14.2. The van der Waals surface area contributed by atoms with Crippen molar-refractivity contribution < 1.29 is 4.79 Å². The van der Waals surface area contributed by atoms with Gasteiger partial charge in [0.2, 0.25) is 5.91 Å². The molecule has 3 heteroatoms. The number of amides is 1. The monoisotopic (exact) mass is 352 g/mol. The van der Waals surface area contributed by atoms with Crippen molar-refractivity contribution in [3.05, 3.63) is 0 Å². The predicted molar refractivity (Wildman–Crippen MR) is 109 cm³/mol. The Bertz CT molecular complexity index is 319. The number of rotatable bonds is 16. The summed E-state index contributed by atoms with van der Waals surface area (Å²) >= 11 is 0. The zero-order valence-corrected chi connectivity index (χ0v) is 17.2. The van der Waals surface area contributed by atoms with Crippen LogP contribution < -0.4 is 5.32 Å². The van der Waals surface area contributed by atoms with E-state index >= 15 is 0 Å². The zero-order valence-electron chi connectivity index (χ0n) is 17.2. The third kappa shape index (κ3) is 11.6. The van der Waals surface area contributed by atoms with Crippen LogP contribution in [0.5, 0.6) is 0 Å². The van der Waals surface area contributed by atoms with Crippen LogP contribution >= 0.6 is 0 Å². The molecule has 0 spiro atoms. The van der Waals surface area contributed by atoms with Crippen LogP contribution in [0.1, 0.15) is 110 Å². The highest BCUT2D eigenvalue weighted by molar-refractivity contribution is 5.81. The van der Waals surface area contributed by atoms with Crippen molar-refractivity contribution in [2.24, 2.45) is 0 Å². The summed E-state index contributed by atoms with van der Waals surface area (Å²) in [7, 11) is 2.06. The predicted octanol–water partition coefficient (Wildman–Crippen LogP) is 5.68. The number of carbonyl (C=O) groups excluding carboxylic acids is 1. The molecular formula is C22H44N2O.